The van der Waals surface area contributed by atoms with Gasteiger partial charge in [-0.2, -0.15) is 0 Å². The predicted octanol–water partition coefficient (Wildman–Crippen LogP) is 0.208. The number of unbranched alkanes of at least 4 members (excludes halogenated alkanes) is 2. The molecule has 0 unspecified atom stereocenters. The number of carbonyl (C=O) groups is 5. The molecule has 0 aliphatic carbocycles. The van der Waals surface area contributed by atoms with Gasteiger partial charge >= 0.3 is 0 Å². The maximum Gasteiger partial charge on any atom is 0.253 e. The Morgan fingerprint density at radius 2 is 0.750 bits per heavy atom. The number of hydrogen-bond acceptors (Lipinski definition) is 17. The highest BCUT2D eigenvalue weighted by Crippen LogP contribution is 2.08. The zero-order chi connectivity index (χ0) is 46.4. The van der Waals surface area contributed by atoms with Crippen molar-refractivity contribution in [2.75, 3.05) is 178 Å². The summed E-state index contributed by atoms with van der Waals surface area (Å²) in [5.41, 5.74) is 0. The Hall–Kier alpha value is -3.19. The largest absolute Gasteiger partial charge is 0.379 e. The summed E-state index contributed by atoms with van der Waals surface area (Å²) in [6.45, 7) is 15.6. The number of hydrogen-bond donors (Lipinski definition) is 3. The molecule has 3 N–H and O–H groups in total. The molecule has 372 valence electrons. The zero-order valence-corrected chi connectivity index (χ0v) is 38.5. The lowest BCUT2D eigenvalue weighted by Crippen LogP contribution is -2.43. The van der Waals surface area contributed by atoms with Crippen LogP contribution in [0, 0.1) is 0 Å². The monoisotopic (exact) mass is 923 g/mol. The van der Waals surface area contributed by atoms with Gasteiger partial charge in [-0.1, -0.05) is 6.42 Å². The van der Waals surface area contributed by atoms with Crippen molar-refractivity contribution in [3.8, 4) is 0 Å². The second-order valence-corrected chi connectivity index (χ2v) is 13.9. The molecule has 1 aliphatic heterocycles. The molecule has 0 fully saturated rings. The minimum atomic E-state index is -0.751. The number of nitrogens with zero attached hydrogens (tertiary/aromatic N) is 1. The fourth-order valence-corrected chi connectivity index (χ4v) is 5.46. The summed E-state index contributed by atoms with van der Waals surface area (Å²) in [5.74, 6) is -1.69. The maximum atomic E-state index is 12.8. The van der Waals surface area contributed by atoms with E-state index in [1.807, 2.05) is 13.8 Å². The Balaban J connectivity index is 2.21. The van der Waals surface area contributed by atoms with Gasteiger partial charge in [-0.05, 0) is 26.7 Å². The van der Waals surface area contributed by atoms with Crippen LogP contribution in [0.1, 0.15) is 52.4 Å². The van der Waals surface area contributed by atoms with E-state index in [-0.39, 0.29) is 81.6 Å². The maximum absolute atomic E-state index is 12.8. The molecule has 0 saturated heterocycles. The van der Waals surface area contributed by atoms with E-state index in [1.54, 1.807) is 0 Å². The van der Waals surface area contributed by atoms with Crippen molar-refractivity contribution in [1.29, 1.82) is 0 Å². The normalized spacial score (nSPS) is 12.5. The number of amides is 5. The van der Waals surface area contributed by atoms with Crippen LogP contribution in [0.15, 0.2) is 12.2 Å². The highest BCUT2D eigenvalue weighted by molar-refractivity contribution is 6.12. The number of rotatable bonds is 49. The molecule has 0 aromatic carbocycles. The van der Waals surface area contributed by atoms with E-state index in [0.717, 1.165) is 4.90 Å². The van der Waals surface area contributed by atoms with Crippen LogP contribution < -0.4 is 16.0 Å². The van der Waals surface area contributed by atoms with E-state index in [0.29, 0.717) is 165 Å². The molecule has 0 aromatic rings. The lowest BCUT2D eigenvalue weighted by Gasteiger charge is -2.19. The predicted molar refractivity (Wildman–Crippen MR) is 233 cm³/mol. The van der Waals surface area contributed by atoms with Crippen LogP contribution in [0.5, 0.6) is 0 Å². The third-order valence-electron chi connectivity index (χ3n) is 8.68. The third-order valence-corrected chi connectivity index (χ3v) is 8.68. The van der Waals surface area contributed by atoms with Gasteiger partial charge in [-0.15, -0.1) is 0 Å². The summed E-state index contributed by atoms with van der Waals surface area (Å²) in [6.07, 6.45) is 4.07. The van der Waals surface area contributed by atoms with Gasteiger partial charge in [-0.3, -0.25) is 28.9 Å². The van der Waals surface area contributed by atoms with Crippen molar-refractivity contribution in [3.63, 3.8) is 0 Å². The number of ether oxygens (including phenoxy) is 12. The van der Waals surface area contributed by atoms with Gasteiger partial charge in [0.2, 0.25) is 17.7 Å². The third kappa shape index (κ3) is 38.1. The first-order valence-corrected chi connectivity index (χ1v) is 22.7. The lowest BCUT2D eigenvalue weighted by molar-refractivity contribution is -0.137. The summed E-state index contributed by atoms with van der Waals surface area (Å²) >= 11 is 0. The Labute approximate surface area is 379 Å². The van der Waals surface area contributed by atoms with Crippen molar-refractivity contribution in [2.24, 2.45) is 0 Å². The quantitative estimate of drug-likeness (QED) is 0.0547. The van der Waals surface area contributed by atoms with Crippen LogP contribution in [0.2, 0.25) is 0 Å². The first kappa shape index (κ1) is 58.8. The summed E-state index contributed by atoms with van der Waals surface area (Å²) < 4.78 is 65.0. The number of nitrogens with one attached hydrogen (secondary N) is 3. The molecule has 21 nitrogen and oxygen atoms in total. The van der Waals surface area contributed by atoms with Crippen LogP contribution in [-0.2, 0) is 80.8 Å². The molecule has 0 spiro atoms. The molecule has 5 amide bonds. The molecular formula is C43H78N4O17. The minimum Gasteiger partial charge on any atom is -0.379 e. The molecule has 0 saturated carbocycles. The van der Waals surface area contributed by atoms with E-state index in [4.69, 9.17) is 56.8 Å². The Morgan fingerprint density at radius 3 is 1.08 bits per heavy atom. The molecule has 1 heterocycles. The van der Waals surface area contributed by atoms with Crippen LogP contribution >= 0.6 is 0 Å². The Kier molecular flexibility index (Phi) is 41.4. The van der Waals surface area contributed by atoms with Crippen molar-refractivity contribution in [3.05, 3.63) is 12.2 Å². The molecule has 64 heavy (non-hydrogen) atoms. The van der Waals surface area contributed by atoms with Crippen LogP contribution in [0.3, 0.4) is 0 Å². The highest BCUT2D eigenvalue weighted by atomic mass is 16.6. The molecule has 21 heteroatoms. The number of carbonyl (C=O) groups excluding carboxylic acids is 5. The molecule has 0 radical (unpaired) electrons. The van der Waals surface area contributed by atoms with Crippen LogP contribution in [0.25, 0.3) is 0 Å². The first-order valence-electron chi connectivity index (χ1n) is 22.7. The summed E-state index contributed by atoms with van der Waals surface area (Å²) in [4.78, 5) is 63.0. The van der Waals surface area contributed by atoms with E-state index in [9.17, 15) is 24.0 Å². The van der Waals surface area contributed by atoms with Crippen molar-refractivity contribution >= 4 is 29.5 Å². The second-order valence-electron chi connectivity index (χ2n) is 13.9. The Morgan fingerprint density at radius 1 is 0.438 bits per heavy atom. The van der Waals surface area contributed by atoms with E-state index in [2.05, 4.69) is 16.0 Å². The van der Waals surface area contributed by atoms with Crippen LogP contribution in [0.4, 0.5) is 0 Å². The molecule has 1 aliphatic rings. The van der Waals surface area contributed by atoms with Gasteiger partial charge < -0.3 is 72.8 Å². The van der Waals surface area contributed by atoms with Crippen LogP contribution in [-0.4, -0.2) is 219 Å². The number of imide groups is 1. The second kappa shape index (κ2) is 45.0. The fourth-order valence-electron chi connectivity index (χ4n) is 5.46. The van der Waals surface area contributed by atoms with Gasteiger partial charge in [0.25, 0.3) is 11.8 Å². The fraction of sp³-hybridized carbons (Fsp3) is 0.837. The molecule has 1 rings (SSSR count). The minimum absolute atomic E-state index is 0.114. The summed E-state index contributed by atoms with van der Waals surface area (Å²) in [5, 5.41) is 8.34. The van der Waals surface area contributed by atoms with Gasteiger partial charge in [0.05, 0.1) is 145 Å². The smallest absolute Gasteiger partial charge is 0.253 e. The lowest BCUT2D eigenvalue weighted by atomic mass is 10.1. The van der Waals surface area contributed by atoms with Gasteiger partial charge in [0, 0.05) is 70.3 Å². The molecule has 0 aromatic heterocycles. The highest BCUT2D eigenvalue weighted by Gasteiger charge is 2.23. The average Bonchev–Trinajstić information content (AvgIpc) is 3.60. The van der Waals surface area contributed by atoms with Crippen molar-refractivity contribution < 1.29 is 80.8 Å². The topological polar surface area (TPSA) is 235 Å². The summed E-state index contributed by atoms with van der Waals surface area (Å²) in [6, 6.07) is -0.751. The Bertz CT molecular complexity index is 1130. The van der Waals surface area contributed by atoms with Gasteiger partial charge in [-0.25, -0.2) is 0 Å². The van der Waals surface area contributed by atoms with Gasteiger partial charge in [0.15, 0.2) is 0 Å². The van der Waals surface area contributed by atoms with E-state index < -0.39 is 6.04 Å². The SMILES string of the molecule is CCOCCOCCOCCOCCOCCOCCNC(=O)CC(CC(=O)NCCOCCOCCOCCOCCOCCOCC)NC(=O)CCCCCN1C(=O)C=CC1=O. The zero-order valence-electron chi connectivity index (χ0n) is 38.5. The first-order chi connectivity index (χ1) is 31.4. The van der Waals surface area contributed by atoms with Gasteiger partial charge in [0.1, 0.15) is 0 Å². The molecular weight excluding hydrogens is 844 g/mol. The van der Waals surface area contributed by atoms with Crippen molar-refractivity contribution in [1.82, 2.24) is 20.9 Å². The average molecular weight is 923 g/mol. The summed E-state index contributed by atoms with van der Waals surface area (Å²) in [7, 11) is 0. The molecule has 0 bridgehead atoms. The molecule has 0 atom stereocenters. The van der Waals surface area contributed by atoms with E-state index in [1.165, 1.54) is 12.2 Å². The van der Waals surface area contributed by atoms with E-state index >= 15 is 0 Å². The van der Waals surface area contributed by atoms with Crippen molar-refractivity contribution in [2.45, 2.75) is 58.4 Å². The standard InChI is InChI=1S/C43H78N4O17/c1-3-53-16-18-57-24-26-61-32-34-63-30-28-59-22-20-55-14-11-44-40(49)36-38(46-39(48)8-6-5-7-13-47-42(51)9-10-43(47)52)37-41(50)45-12-15-56-21-23-60-29-31-64-35-33-62-27-25-58-19-17-54-4-2/h9-10,38H,3-8,11-37H2,1-2H3,(H,44,49)(H,45,50)(H,46,48).